The fourth-order valence-electron chi connectivity index (χ4n) is 3.18. The van der Waals surface area contributed by atoms with E-state index in [1.807, 2.05) is 0 Å². The normalized spacial score (nSPS) is 22.1. The number of nitro groups is 1. The summed E-state index contributed by atoms with van der Waals surface area (Å²) in [6, 6.07) is 14.7. The van der Waals surface area contributed by atoms with E-state index in [4.69, 9.17) is 0 Å². The number of rotatable bonds is 4. The topological polar surface area (TPSA) is 104 Å². The zero-order valence-electron chi connectivity index (χ0n) is 15.7. The minimum absolute atomic E-state index is 0.0794. The van der Waals surface area contributed by atoms with Crippen LogP contribution in [0.5, 0.6) is 0 Å². The molecule has 0 radical (unpaired) electrons. The summed E-state index contributed by atoms with van der Waals surface area (Å²) >= 11 is 3.36. The molecule has 2 aromatic rings. The Labute approximate surface area is 175 Å². The minimum Gasteiger partial charge on any atom is -0.362 e. The first-order valence-electron chi connectivity index (χ1n) is 8.62. The third kappa shape index (κ3) is 3.43. The predicted octanol–water partition coefficient (Wildman–Crippen LogP) is 2.69. The highest BCUT2D eigenvalue weighted by molar-refractivity contribution is 9.09. The number of para-hydroxylation sites is 1. The molecule has 1 fully saturated rings. The third-order valence-corrected chi connectivity index (χ3v) is 6.05. The number of benzene rings is 2. The van der Waals surface area contributed by atoms with Gasteiger partial charge in [-0.1, -0.05) is 58.4 Å². The van der Waals surface area contributed by atoms with Crippen molar-refractivity contribution < 1.29 is 19.6 Å². The second-order valence-corrected chi connectivity index (χ2v) is 7.49. The van der Waals surface area contributed by atoms with Gasteiger partial charge in [-0.3, -0.25) is 19.7 Å². The molecule has 0 spiro atoms. The number of hydrogen-bond donors (Lipinski definition) is 1. The van der Waals surface area contributed by atoms with E-state index in [1.54, 1.807) is 36.4 Å². The molecule has 1 aliphatic heterocycles. The zero-order chi connectivity index (χ0) is 21.3. The zero-order valence-corrected chi connectivity index (χ0v) is 17.2. The standard InChI is InChI=1S/C20H18BrN3O5/c1-22-16(12-14-10-6-7-11-15(14)24(28)29)18(25)23(2)20(27,19(22)26)17(21)13-8-4-3-5-9-13/h3-12,17,27H,1-2H3/b16-12-. The van der Waals surface area contributed by atoms with Crippen molar-refractivity contribution in [3.8, 4) is 0 Å². The van der Waals surface area contributed by atoms with Crippen LogP contribution in [0.2, 0.25) is 0 Å². The van der Waals surface area contributed by atoms with Crippen LogP contribution in [0.25, 0.3) is 6.08 Å². The molecule has 0 saturated carbocycles. The van der Waals surface area contributed by atoms with E-state index in [0.29, 0.717) is 5.56 Å². The average molecular weight is 460 g/mol. The molecule has 0 bridgehead atoms. The Morgan fingerprint density at radius 2 is 1.69 bits per heavy atom. The second-order valence-electron chi connectivity index (χ2n) is 6.57. The molecule has 150 valence electrons. The maximum absolute atomic E-state index is 13.1. The SMILES string of the molecule is CN1C(=O)C(O)(C(Br)c2ccccc2)N(C)C(=O)/C1=C/c1ccccc1[N+](=O)[O-]. The van der Waals surface area contributed by atoms with Crippen LogP contribution in [0.1, 0.15) is 16.0 Å². The Hall–Kier alpha value is -3.04. The molecule has 1 saturated heterocycles. The lowest BCUT2D eigenvalue weighted by Crippen LogP contribution is -2.66. The molecule has 1 aliphatic rings. The van der Waals surface area contributed by atoms with E-state index in [9.17, 15) is 24.8 Å². The number of carbonyl (C=O) groups is 2. The fraction of sp³-hybridized carbons (Fsp3) is 0.200. The lowest BCUT2D eigenvalue weighted by molar-refractivity contribution is -0.385. The Balaban J connectivity index is 2.05. The molecule has 0 aromatic heterocycles. The number of hydrogen-bond acceptors (Lipinski definition) is 5. The van der Waals surface area contributed by atoms with Crippen molar-refractivity contribution in [2.24, 2.45) is 0 Å². The van der Waals surface area contributed by atoms with Gasteiger partial charge >= 0.3 is 0 Å². The van der Waals surface area contributed by atoms with Gasteiger partial charge in [-0.25, -0.2) is 0 Å². The number of likely N-dealkylation sites (N-methyl/N-ethyl adjacent to an activating group) is 2. The molecule has 29 heavy (non-hydrogen) atoms. The maximum Gasteiger partial charge on any atom is 0.281 e. The quantitative estimate of drug-likeness (QED) is 0.327. The number of piperazine rings is 1. The van der Waals surface area contributed by atoms with Gasteiger partial charge in [-0.15, -0.1) is 0 Å². The molecule has 2 amide bonds. The highest BCUT2D eigenvalue weighted by atomic mass is 79.9. The van der Waals surface area contributed by atoms with Crippen molar-refractivity contribution in [1.82, 2.24) is 9.80 Å². The smallest absolute Gasteiger partial charge is 0.281 e. The van der Waals surface area contributed by atoms with Crippen LogP contribution in [0.4, 0.5) is 5.69 Å². The maximum atomic E-state index is 13.1. The van der Waals surface area contributed by atoms with Gasteiger partial charge in [-0.05, 0) is 17.7 Å². The van der Waals surface area contributed by atoms with E-state index in [2.05, 4.69) is 15.9 Å². The molecular weight excluding hydrogens is 442 g/mol. The van der Waals surface area contributed by atoms with E-state index in [0.717, 1.165) is 9.80 Å². The number of halogens is 1. The first-order chi connectivity index (χ1) is 13.7. The van der Waals surface area contributed by atoms with Crippen LogP contribution < -0.4 is 0 Å². The van der Waals surface area contributed by atoms with Gasteiger partial charge in [-0.2, -0.15) is 0 Å². The van der Waals surface area contributed by atoms with Crippen LogP contribution in [0.3, 0.4) is 0 Å². The molecular formula is C20H18BrN3O5. The third-order valence-electron chi connectivity index (χ3n) is 4.89. The monoisotopic (exact) mass is 459 g/mol. The highest BCUT2D eigenvalue weighted by Gasteiger charge is 2.55. The van der Waals surface area contributed by atoms with Crippen molar-refractivity contribution in [2.45, 2.75) is 10.6 Å². The molecule has 0 aliphatic carbocycles. The lowest BCUT2D eigenvalue weighted by Gasteiger charge is -2.46. The fourth-order valence-corrected chi connectivity index (χ4v) is 3.99. The van der Waals surface area contributed by atoms with Crippen LogP contribution in [-0.2, 0) is 9.59 Å². The van der Waals surface area contributed by atoms with Crippen molar-refractivity contribution >= 4 is 39.5 Å². The summed E-state index contributed by atoms with van der Waals surface area (Å²) in [5.41, 5.74) is -1.66. The van der Waals surface area contributed by atoms with Gasteiger partial charge in [0.05, 0.1) is 15.3 Å². The van der Waals surface area contributed by atoms with Crippen molar-refractivity contribution in [2.75, 3.05) is 14.1 Å². The van der Waals surface area contributed by atoms with Gasteiger partial charge in [0.25, 0.3) is 17.5 Å². The number of carbonyl (C=O) groups excluding carboxylic acids is 2. The molecule has 8 nitrogen and oxygen atoms in total. The van der Waals surface area contributed by atoms with Gasteiger partial charge in [0.2, 0.25) is 5.72 Å². The van der Waals surface area contributed by atoms with E-state index >= 15 is 0 Å². The number of amides is 2. The lowest BCUT2D eigenvalue weighted by atomic mass is 9.96. The molecule has 2 aromatic carbocycles. The van der Waals surface area contributed by atoms with Crippen molar-refractivity contribution in [1.29, 1.82) is 0 Å². The number of alkyl halides is 1. The van der Waals surface area contributed by atoms with Crippen LogP contribution in [-0.4, -0.2) is 51.5 Å². The van der Waals surface area contributed by atoms with Gasteiger partial charge in [0, 0.05) is 20.2 Å². The summed E-state index contributed by atoms with van der Waals surface area (Å²) in [5.74, 6) is -1.39. The molecule has 1 heterocycles. The highest BCUT2D eigenvalue weighted by Crippen LogP contribution is 2.41. The first-order valence-corrected chi connectivity index (χ1v) is 9.54. The van der Waals surface area contributed by atoms with Gasteiger partial charge in [0.15, 0.2) is 0 Å². The molecule has 2 unspecified atom stereocenters. The van der Waals surface area contributed by atoms with Gasteiger partial charge in [0.1, 0.15) is 5.70 Å². The summed E-state index contributed by atoms with van der Waals surface area (Å²) in [6.45, 7) is 0. The Morgan fingerprint density at radius 3 is 2.31 bits per heavy atom. The van der Waals surface area contributed by atoms with Crippen molar-refractivity contribution in [3.63, 3.8) is 0 Å². The number of aliphatic hydroxyl groups is 1. The van der Waals surface area contributed by atoms with E-state index in [1.165, 1.54) is 38.4 Å². The predicted molar refractivity (Wildman–Crippen MR) is 110 cm³/mol. The Bertz CT molecular complexity index is 1010. The van der Waals surface area contributed by atoms with Gasteiger partial charge < -0.3 is 14.9 Å². The van der Waals surface area contributed by atoms with E-state index in [-0.39, 0.29) is 16.9 Å². The molecule has 9 heteroatoms. The van der Waals surface area contributed by atoms with Crippen LogP contribution >= 0.6 is 15.9 Å². The van der Waals surface area contributed by atoms with Crippen LogP contribution in [0, 0.1) is 10.1 Å². The molecule has 1 N–H and O–H groups in total. The second kappa shape index (κ2) is 7.76. The van der Waals surface area contributed by atoms with Crippen molar-refractivity contribution in [3.05, 3.63) is 81.5 Å². The Kier molecular flexibility index (Phi) is 5.54. The summed E-state index contributed by atoms with van der Waals surface area (Å²) in [7, 11) is 2.67. The average Bonchev–Trinajstić information content (AvgIpc) is 2.74. The van der Waals surface area contributed by atoms with Crippen LogP contribution in [0.15, 0.2) is 60.3 Å². The largest absolute Gasteiger partial charge is 0.362 e. The summed E-state index contributed by atoms with van der Waals surface area (Å²) in [5, 5.41) is 22.5. The number of nitro benzene ring substituents is 1. The Morgan fingerprint density at radius 1 is 1.10 bits per heavy atom. The molecule has 2 atom stereocenters. The molecule has 3 rings (SSSR count). The number of nitrogens with zero attached hydrogens (tertiary/aromatic N) is 3. The van der Waals surface area contributed by atoms with E-state index < -0.39 is 27.3 Å². The summed E-state index contributed by atoms with van der Waals surface area (Å²) < 4.78 is 0. The summed E-state index contributed by atoms with van der Waals surface area (Å²) in [4.78, 5) is 37.9. The first kappa shape index (κ1) is 20.7. The summed E-state index contributed by atoms with van der Waals surface area (Å²) in [6.07, 6.45) is 1.28. The minimum atomic E-state index is -2.17.